The molecule has 2 rings (SSSR count). The first-order valence-corrected chi connectivity index (χ1v) is 5.88. The second-order valence-electron chi connectivity index (χ2n) is 4.23. The zero-order chi connectivity index (χ0) is 12.4. The highest BCUT2D eigenvalue weighted by Gasteiger charge is 2.13. The monoisotopic (exact) mass is 247 g/mol. The number of rotatable bonds is 3. The molecule has 2 nitrogen and oxygen atoms in total. The number of carbonyl (C=O) groups excluding carboxylic acids is 1. The average Bonchev–Trinajstić information content (AvgIpc) is 2.60. The van der Waals surface area contributed by atoms with Crippen LogP contribution in [-0.2, 0) is 6.54 Å². The van der Waals surface area contributed by atoms with Crippen molar-refractivity contribution in [1.29, 1.82) is 0 Å². The SMILES string of the molecule is CC(C)=CCn1c(C=O)c(Cl)c2ccccc21. The van der Waals surface area contributed by atoms with Crippen LogP contribution in [0.2, 0.25) is 5.02 Å². The Morgan fingerprint density at radius 3 is 2.71 bits per heavy atom. The lowest BCUT2D eigenvalue weighted by Crippen LogP contribution is -2.00. The minimum Gasteiger partial charge on any atom is -0.333 e. The van der Waals surface area contributed by atoms with E-state index in [9.17, 15) is 4.79 Å². The van der Waals surface area contributed by atoms with Gasteiger partial charge in [-0.3, -0.25) is 4.79 Å². The van der Waals surface area contributed by atoms with Gasteiger partial charge in [0.2, 0.25) is 0 Å². The van der Waals surface area contributed by atoms with Crippen molar-refractivity contribution in [2.75, 3.05) is 0 Å². The molecule has 0 fully saturated rings. The molecule has 0 saturated carbocycles. The van der Waals surface area contributed by atoms with Crippen LogP contribution in [0.15, 0.2) is 35.9 Å². The molecule has 3 heteroatoms. The van der Waals surface area contributed by atoms with Crippen LogP contribution < -0.4 is 0 Å². The Kier molecular flexibility index (Phi) is 3.34. The van der Waals surface area contributed by atoms with E-state index in [4.69, 9.17) is 11.6 Å². The van der Waals surface area contributed by atoms with Gasteiger partial charge in [-0.25, -0.2) is 0 Å². The number of carbonyl (C=O) groups is 1. The van der Waals surface area contributed by atoms with Crippen molar-refractivity contribution in [3.63, 3.8) is 0 Å². The Balaban J connectivity index is 2.66. The van der Waals surface area contributed by atoms with Crippen LogP contribution in [0.3, 0.4) is 0 Å². The third kappa shape index (κ3) is 2.13. The van der Waals surface area contributed by atoms with Gasteiger partial charge in [0.15, 0.2) is 6.29 Å². The van der Waals surface area contributed by atoms with E-state index in [0.29, 0.717) is 17.3 Å². The lowest BCUT2D eigenvalue weighted by atomic mass is 10.2. The summed E-state index contributed by atoms with van der Waals surface area (Å²) in [6, 6.07) is 7.79. The van der Waals surface area contributed by atoms with Gasteiger partial charge in [-0.1, -0.05) is 41.4 Å². The van der Waals surface area contributed by atoms with E-state index >= 15 is 0 Å². The van der Waals surface area contributed by atoms with E-state index in [-0.39, 0.29) is 0 Å². The number of hydrogen-bond acceptors (Lipinski definition) is 1. The van der Waals surface area contributed by atoms with E-state index in [1.165, 1.54) is 5.57 Å². The summed E-state index contributed by atoms with van der Waals surface area (Å²) in [6.45, 7) is 4.74. The first-order valence-electron chi connectivity index (χ1n) is 5.50. The van der Waals surface area contributed by atoms with Gasteiger partial charge in [-0.15, -0.1) is 0 Å². The third-order valence-corrected chi connectivity index (χ3v) is 3.14. The van der Waals surface area contributed by atoms with Gasteiger partial charge in [0.25, 0.3) is 0 Å². The molecule has 17 heavy (non-hydrogen) atoms. The summed E-state index contributed by atoms with van der Waals surface area (Å²) >= 11 is 6.20. The molecule has 0 radical (unpaired) electrons. The van der Waals surface area contributed by atoms with Crippen molar-refractivity contribution < 1.29 is 4.79 Å². The summed E-state index contributed by atoms with van der Waals surface area (Å²) in [5, 5.41) is 1.47. The van der Waals surface area contributed by atoms with Crippen LogP contribution in [0.25, 0.3) is 10.9 Å². The Labute approximate surface area is 105 Å². The zero-order valence-electron chi connectivity index (χ0n) is 9.90. The minimum atomic E-state index is 0.540. The number of para-hydroxylation sites is 1. The predicted octanol–water partition coefficient (Wildman–Crippen LogP) is 4.07. The summed E-state index contributed by atoms with van der Waals surface area (Å²) in [5.74, 6) is 0. The number of fused-ring (bicyclic) bond motifs is 1. The number of halogens is 1. The number of benzene rings is 1. The molecule has 0 N–H and O–H groups in total. The molecule has 88 valence electrons. The smallest absolute Gasteiger partial charge is 0.168 e. The van der Waals surface area contributed by atoms with Crippen LogP contribution in [0.4, 0.5) is 0 Å². The Morgan fingerprint density at radius 1 is 1.35 bits per heavy atom. The standard InChI is InChI=1S/C14H14ClNO/c1-10(2)7-8-16-12-6-4-3-5-11(12)14(15)13(16)9-17/h3-7,9H,8H2,1-2H3. The third-order valence-electron chi connectivity index (χ3n) is 2.74. The summed E-state index contributed by atoms with van der Waals surface area (Å²) < 4.78 is 1.94. The lowest BCUT2D eigenvalue weighted by molar-refractivity contribution is 0.111. The van der Waals surface area contributed by atoms with Crippen molar-refractivity contribution in [1.82, 2.24) is 4.57 Å². The molecular weight excluding hydrogens is 234 g/mol. The Bertz CT molecular complexity index is 592. The van der Waals surface area contributed by atoms with Gasteiger partial charge in [0, 0.05) is 11.9 Å². The van der Waals surface area contributed by atoms with Crippen molar-refractivity contribution in [3.8, 4) is 0 Å². The number of hydrogen-bond donors (Lipinski definition) is 0. The molecule has 1 heterocycles. The molecule has 0 bridgehead atoms. The van der Waals surface area contributed by atoms with Crippen molar-refractivity contribution in [3.05, 3.63) is 46.6 Å². The molecule has 1 aromatic carbocycles. The zero-order valence-corrected chi connectivity index (χ0v) is 10.7. The highest BCUT2D eigenvalue weighted by atomic mass is 35.5. The molecular formula is C14H14ClNO. The first-order chi connectivity index (χ1) is 8.15. The van der Waals surface area contributed by atoms with Crippen molar-refractivity contribution in [2.24, 2.45) is 0 Å². The normalized spacial score (nSPS) is 10.5. The molecule has 0 aliphatic heterocycles. The van der Waals surface area contributed by atoms with Crippen LogP contribution in [-0.4, -0.2) is 10.9 Å². The van der Waals surface area contributed by atoms with Gasteiger partial charge in [0.05, 0.1) is 10.5 Å². The van der Waals surface area contributed by atoms with E-state index < -0.39 is 0 Å². The van der Waals surface area contributed by atoms with Crippen LogP contribution in [0.5, 0.6) is 0 Å². The van der Waals surface area contributed by atoms with Crippen LogP contribution >= 0.6 is 11.6 Å². The molecule has 0 saturated heterocycles. The molecule has 0 unspecified atom stereocenters. The number of aromatic nitrogens is 1. The Morgan fingerprint density at radius 2 is 2.06 bits per heavy atom. The second-order valence-corrected chi connectivity index (χ2v) is 4.60. The van der Waals surface area contributed by atoms with Gasteiger partial charge in [0.1, 0.15) is 5.69 Å². The topological polar surface area (TPSA) is 22.0 Å². The fourth-order valence-corrected chi connectivity index (χ4v) is 2.17. The predicted molar refractivity (Wildman–Crippen MR) is 71.8 cm³/mol. The highest BCUT2D eigenvalue weighted by Crippen LogP contribution is 2.29. The minimum absolute atomic E-state index is 0.540. The molecule has 0 spiro atoms. The maximum absolute atomic E-state index is 11.1. The van der Waals surface area contributed by atoms with Gasteiger partial charge < -0.3 is 4.57 Å². The fraction of sp³-hybridized carbons (Fsp3) is 0.214. The fourth-order valence-electron chi connectivity index (χ4n) is 1.87. The van der Waals surface area contributed by atoms with Gasteiger partial charge >= 0.3 is 0 Å². The molecule has 2 aromatic rings. The molecule has 0 aliphatic rings. The maximum Gasteiger partial charge on any atom is 0.168 e. The molecule has 0 aliphatic carbocycles. The average molecular weight is 248 g/mol. The number of allylic oxidation sites excluding steroid dienone is 2. The summed E-state index contributed by atoms with van der Waals surface area (Å²) in [4.78, 5) is 11.1. The Hall–Kier alpha value is -1.54. The quantitative estimate of drug-likeness (QED) is 0.592. The van der Waals surface area contributed by atoms with Crippen molar-refractivity contribution in [2.45, 2.75) is 20.4 Å². The summed E-state index contributed by atoms with van der Waals surface area (Å²) in [6.07, 6.45) is 2.90. The largest absolute Gasteiger partial charge is 0.333 e. The van der Waals surface area contributed by atoms with Crippen LogP contribution in [0.1, 0.15) is 24.3 Å². The molecule has 0 atom stereocenters. The van der Waals surface area contributed by atoms with E-state index in [1.807, 2.05) is 42.7 Å². The second kappa shape index (κ2) is 4.76. The molecule has 1 aromatic heterocycles. The number of nitrogens with zero attached hydrogens (tertiary/aromatic N) is 1. The van der Waals surface area contributed by atoms with Crippen molar-refractivity contribution >= 4 is 28.8 Å². The van der Waals surface area contributed by atoms with E-state index in [2.05, 4.69) is 6.08 Å². The highest BCUT2D eigenvalue weighted by molar-refractivity contribution is 6.38. The van der Waals surface area contributed by atoms with Gasteiger partial charge in [-0.2, -0.15) is 0 Å². The van der Waals surface area contributed by atoms with E-state index in [0.717, 1.165) is 17.2 Å². The van der Waals surface area contributed by atoms with Gasteiger partial charge in [-0.05, 0) is 19.9 Å². The first kappa shape index (κ1) is 11.9. The summed E-state index contributed by atoms with van der Waals surface area (Å²) in [7, 11) is 0. The number of aldehydes is 1. The lowest BCUT2D eigenvalue weighted by Gasteiger charge is -2.04. The maximum atomic E-state index is 11.1. The van der Waals surface area contributed by atoms with Crippen LogP contribution in [0, 0.1) is 0 Å². The summed E-state index contributed by atoms with van der Waals surface area (Å²) in [5.41, 5.74) is 2.76. The van der Waals surface area contributed by atoms with E-state index in [1.54, 1.807) is 0 Å². The molecule has 0 amide bonds.